The van der Waals surface area contributed by atoms with Crippen molar-refractivity contribution in [1.29, 1.82) is 0 Å². The molecule has 0 fully saturated rings. The molecular formula is C22H24N4O. The molecule has 5 nitrogen and oxygen atoms in total. The minimum atomic E-state index is -0.133. The smallest absolute Gasteiger partial charge is 0.253 e. The maximum atomic E-state index is 12.3. The fraction of sp³-hybridized carbons (Fsp3) is 0.182. The van der Waals surface area contributed by atoms with E-state index in [9.17, 15) is 4.79 Å². The number of pyridine rings is 1. The van der Waals surface area contributed by atoms with Crippen molar-refractivity contribution in [2.75, 3.05) is 24.3 Å². The van der Waals surface area contributed by atoms with Gasteiger partial charge in [-0.1, -0.05) is 29.8 Å². The molecule has 0 radical (unpaired) electrons. The van der Waals surface area contributed by atoms with Gasteiger partial charge in [0.05, 0.1) is 5.56 Å². The summed E-state index contributed by atoms with van der Waals surface area (Å²) in [6.45, 7) is 2.54. The predicted molar refractivity (Wildman–Crippen MR) is 111 cm³/mol. The van der Waals surface area contributed by atoms with Crippen LogP contribution in [-0.4, -0.2) is 25.0 Å². The maximum absolute atomic E-state index is 12.3. The third-order valence-corrected chi connectivity index (χ3v) is 4.22. The van der Waals surface area contributed by atoms with Gasteiger partial charge in [-0.2, -0.15) is 0 Å². The van der Waals surface area contributed by atoms with Crippen LogP contribution >= 0.6 is 0 Å². The Morgan fingerprint density at radius 3 is 2.44 bits per heavy atom. The van der Waals surface area contributed by atoms with Gasteiger partial charge in [0.25, 0.3) is 5.91 Å². The molecule has 2 aromatic carbocycles. The van der Waals surface area contributed by atoms with Crippen LogP contribution in [0.3, 0.4) is 0 Å². The van der Waals surface area contributed by atoms with Crippen LogP contribution < -0.4 is 15.5 Å². The first kappa shape index (κ1) is 18.5. The summed E-state index contributed by atoms with van der Waals surface area (Å²) in [5.41, 5.74) is 4.88. The predicted octanol–water partition coefficient (Wildman–Crippen LogP) is 4.13. The Morgan fingerprint density at radius 1 is 1.04 bits per heavy atom. The zero-order valence-electron chi connectivity index (χ0n) is 15.9. The summed E-state index contributed by atoms with van der Waals surface area (Å²) in [5, 5.41) is 6.16. The molecule has 0 atom stereocenters. The largest absolute Gasteiger partial charge is 0.378 e. The number of aryl methyl sites for hydroxylation is 1. The molecule has 27 heavy (non-hydrogen) atoms. The lowest BCUT2D eigenvalue weighted by molar-refractivity contribution is 0.0950. The molecule has 1 amide bonds. The average Bonchev–Trinajstić information content (AvgIpc) is 2.67. The Kier molecular flexibility index (Phi) is 5.71. The second kappa shape index (κ2) is 8.36. The zero-order chi connectivity index (χ0) is 19.2. The number of amides is 1. The highest BCUT2D eigenvalue weighted by molar-refractivity contribution is 5.94. The van der Waals surface area contributed by atoms with Crippen molar-refractivity contribution in [2.45, 2.75) is 13.5 Å². The highest BCUT2D eigenvalue weighted by Crippen LogP contribution is 2.19. The summed E-state index contributed by atoms with van der Waals surface area (Å²) in [6.07, 6.45) is 1.59. The number of nitrogens with zero attached hydrogens (tertiary/aromatic N) is 2. The van der Waals surface area contributed by atoms with E-state index in [-0.39, 0.29) is 5.91 Å². The van der Waals surface area contributed by atoms with Gasteiger partial charge < -0.3 is 15.5 Å². The van der Waals surface area contributed by atoms with Gasteiger partial charge >= 0.3 is 0 Å². The number of hydrogen-bond donors (Lipinski definition) is 2. The Balaban J connectivity index is 1.58. The topological polar surface area (TPSA) is 57.3 Å². The summed E-state index contributed by atoms with van der Waals surface area (Å²) in [6, 6.07) is 19.7. The van der Waals surface area contributed by atoms with Crippen LogP contribution in [0.1, 0.15) is 21.5 Å². The van der Waals surface area contributed by atoms with Crippen LogP contribution in [0, 0.1) is 6.92 Å². The third-order valence-electron chi connectivity index (χ3n) is 4.22. The van der Waals surface area contributed by atoms with Crippen molar-refractivity contribution in [3.05, 3.63) is 83.6 Å². The second-order valence-corrected chi connectivity index (χ2v) is 6.67. The molecule has 3 aromatic rings. The molecule has 0 unspecified atom stereocenters. The molecule has 1 aromatic heterocycles. The van der Waals surface area contributed by atoms with Gasteiger partial charge in [-0.05, 0) is 48.9 Å². The molecule has 0 aliphatic heterocycles. The van der Waals surface area contributed by atoms with Crippen LogP contribution in [0.2, 0.25) is 0 Å². The van der Waals surface area contributed by atoms with Gasteiger partial charge in [0.15, 0.2) is 0 Å². The lowest BCUT2D eigenvalue weighted by Gasteiger charge is -2.13. The van der Waals surface area contributed by atoms with Crippen molar-refractivity contribution in [3.8, 4) is 0 Å². The number of benzene rings is 2. The van der Waals surface area contributed by atoms with E-state index in [0.29, 0.717) is 17.9 Å². The van der Waals surface area contributed by atoms with Crippen LogP contribution in [0.15, 0.2) is 66.9 Å². The molecule has 3 rings (SSSR count). The van der Waals surface area contributed by atoms with E-state index in [4.69, 9.17) is 0 Å². The number of nitrogens with one attached hydrogen (secondary N) is 2. The van der Waals surface area contributed by atoms with Gasteiger partial charge in [0, 0.05) is 38.2 Å². The lowest BCUT2D eigenvalue weighted by atomic mass is 10.1. The zero-order valence-corrected chi connectivity index (χ0v) is 15.9. The monoisotopic (exact) mass is 360 g/mol. The Hall–Kier alpha value is -3.34. The van der Waals surface area contributed by atoms with E-state index >= 15 is 0 Å². The number of anilines is 3. The molecule has 5 heteroatoms. The van der Waals surface area contributed by atoms with E-state index < -0.39 is 0 Å². The minimum absolute atomic E-state index is 0.133. The molecule has 0 aliphatic rings. The van der Waals surface area contributed by atoms with Gasteiger partial charge in [-0.25, -0.2) is 4.98 Å². The summed E-state index contributed by atoms with van der Waals surface area (Å²) in [5.74, 6) is 0.564. The molecular weight excluding hydrogens is 336 g/mol. The molecule has 1 heterocycles. The average molecular weight is 360 g/mol. The fourth-order valence-corrected chi connectivity index (χ4v) is 2.70. The highest BCUT2D eigenvalue weighted by atomic mass is 16.1. The molecule has 0 saturated heterocycles. The van der Waals surface area contributed by atoms with Crippen molar-refractivity contribution in [1.82, 2.24) is 10.3 Å². The summed E-state index contributed by atoms with van der Waals surface area (Å²) < 4.78 is 0. The van der Waals surface area contributed by atoms with Crippen LogP contribution in [-0.2, 0) is 6.54 Å². The van der Waals surface area contributed by atoms with E-state index in [1.54, 1.807) is 18.3 Å². The van der Waals surface area contributed by atoms with E-state index in [1.807, 2.05) is 68.4 Å². The second-order valence-electron chi connectivity index (χ2n) is 6.67. The number of carbonyl (C=O) groups is 1. The molecule has 138 valence electrons. The van der Waals surface area contributed by atoms with Gasteiger partial charge in [-0.3, -0.25) is 4.79 Å². The van der Waals surface area contributed by atoms with Crippen LogP contribution in [0.4, 0.5) is 17.2 Å². The first-order chi connectivity index (χ1) is 13.0. The normalized spacial score (nSPS) is 10.3. The van der Waals surface area contributed by atoms with E-state index in [0.717, 1.165) is 16.9 Å². The SMILES string of the molecule is Cc1cccc(CNC(=O)c2ccc(Nc3ccc(N(C)C)cc3)nc2)c1. The standard InChI is InChI=1S/C22H24N4O/c1-16-5-4-6-17(13-16)14-24-22(27)18-7-12-21(23-15-18)25-19-8-10-20(11-9-19)26(2)3/h4-13,15H,14H2,1-3H3,(H,23,25)(H,24,27). The quantitative estimate of drug-likeness (QED) is 0.694. The number of carbonyl (C=O) groups excluding carboxylic acids is 1. The van der Waals surface area contributed by atoms with Crippen molar-refractivity contribution < 1.29 is 4.79 Å². The lowest BCUT2D eigenvalue weighted by Crippen LogP contribution is -2.22. The summed E-state index contributed by atoms with van der Waals surface area (Å²) in [4.78, 5) is 18.7. The summed E-state index contributed by atoms with van der Waals surface area (Å²) >= 11 is 0. The third kappa shape index (κ3) is 5.07. The van der Waals surface area contributed by atoms with E-state index in [1.165, 1.54) is 5.56 Å². The Morgan fingerprint density at radius 2 is 1.81 bits per heavy atom. The first-order valence-corrected chi connectivity index (χ1v) is 8.85. The minimum Gasteiger partial charge on any atom is -0.378 e. The molecule has 2 N–H and O–H groups in total. The molecule has 0 spiro atoms. The molecule has 0 saturated carbocycles. The van der Waals surface area contributed by atoms with Crippen molar-refractivity contribution in [2.24, 2.45) is 0 Å². The van der Waals surface area contributed by atoms with Crippen molar-refractivity contribution >= 4 is 23.1 Å². The molecule has 0 bridgehead atoms. The van der Waals surface area contributed by atoms with Gasteiger partial charge in [0.1, 0.15) is 5.82 Å². The number of rotatable bonds is 6. The number of aromatic nitrogens is 1. The van der Waals surface area contributed by atoms with Gasteiger partial charge in [-0.15, -0.1) is 0 Å². The van der Waals surface area contributed by atoms with Crippen LogP contribution in [0.5, 0.6) is 0 Å². The summed E-state index contributed by atoms with van der Waals surface area (Å²) in [7, 11) is 4.01. The highest BCUT2D eigenvalue weighted by Gasteiger charge is 2.06. The fourth-order valence-electron chi connectivity index (χ4n) is 2.70. The Bertz CT molecular complexity index is 902. The van der Waals surface area contributed by atoms with Crippen molar-refractivity contribution in [3.63, 3.8) is 0 Å². The van der Waals surface area contributed by atoms with Crippen LogP contribution in [0.25, 0.3) is 0 Å². The number of hydrogen-bond acceptors (Lipinski definition) is 4. The van der Waals surface area contributed by atoms with E-state index in [2.05, 4.69) is 21.7 Å². The van der Waals surface area contributed by atoms with Gasteiger partial charge in [0.2, 0.25) is 0 Å². The first-order valence-electron chi connectivity index (χ1n) is 8.85. The maximum Gasteiger partial charge on any atom is 0.253 e. The molecule has 0 aliphatic carbocycles. The Labute approximate surface area is 160 Å².